The maximum atomic E-state index is 11.8. The molecule has 2 atom stereocenters. The number of carbonyl (C=O) groups is 2. The molecule has 6 heteroatoms. The van der Waals surface area contributed by atoms with Gasteiger partial charge in [0, 0.05) is 13.0 Å². The minimum Gasteiger partial charge on any atom is -0.467 e. The predicted molar refractivity (Wildman–Crippen MR) is 56.7 cm³/mol. The lowest BCUT2D eigenvalue weighted by molar-refractivity contribution is -0.151. The summed E-state index contributed by atoms with van der Waals surface area (Å²) >= 11 is 0. The molecule has 1 fully saturated rings. The van der Waals surface area contributed by atoms with Crippen molar-refractivity contribution >= 4 is 11.9 Å². The maximum absolute atomic E-state index is 11.8. The van der Waals surface area contributed by atoms with Crippen LogP contribution in [-0.4, -0.2) is 73.2 Å². The van der Waals surface area contributed by atoms with Gasteiger partial charge < -0.3 is 19.6 Å². The van der Waals surface area contributed by atoms with Crippen molar-refractivity contribution in [3.05, 3.63) is 0 Å². The Morgan fingerprint density at radius 2 is 2.12 bits per heavy atom. The van der Waals surface area contributed by atoms with Gasteiger partial charge in [-0.3, -0.25) is 4.79 Å². The number of nitrogens with zero attached hydrogens (tertiary/aromatic N) is 2. The van der Waals surface area contributed by atoms with Crippen molar-refractivity contribution in [2.75, 3.05) is 34.3 Å². The standard InChI is InChI=1S/C10H18N2O4/c1-11(2)6-9(14)12-5-7(13)4-8(12)10(15)16-3/h7-8,13H,4-6H2,1-3H3/t7-,8-/m0/s1. The largest absolute Gasteiger partial charge is 0.467 e. The third-order valence-electron chi connectivity index (χ3n) is 2.52. The van der Waals surface area contributed by atoms with Gasteiger partial charge in [0.2, 0.25) is 5.91 Å². The lowest BCUT2D eigenvalue weighted by Gasteiger charge is -2.23. The van der Waals surface area contributed by atoms with E-state index in [0.29, 0.717) is 0 Å². The molecule has 6 nitrogen and oxygen atoms in total. The summed E-state index contributed by atoms with van der Waals surface area (Å²) in [7, 11) is 4.83. The van der Waals surface area contributed by atoms with Crippen LogP contribution in [0.2, 0.25) is 0 Å². The summed E-state index contributed by atoms with van der Waals surface area (Å²) in [6.07, 6.45) is -0.388. The van der Waals surface area contributed by atoms with Crippen LogP contribution in [0.25, 0.3) is 0 Å². The van der Waals surface area contributed by atoms with E-state index in [1.807, 2.05) is 0 Å². The van der Waals surface area contributed by atoms with E-state index in [4.69, 9.17) is 0 Å². The number of aliphatic hydroxyl groups is 1. The van der Waals surface area contributed by atoms with Crippen molar-refractivity contribution in [3.8, 4) is 0 Å². The summed E-state index contributed by atoms with van der Waals surface area (Å²) in [6.45, 7) is 0.423. The molecule has 0 aromatic heterocycles. The van der Waals surface area contributed by atoms with E-state index in [9.17, 15) is 14.7 Å². The van der Waals surface area contributed by atoms with E-state index in [1.165, 1.54) is 12.0 Å². The molecule has 0 aromatic rings. The van der Waals surface area contributed by atoms with Gasteiger partial charge in [-0.1, -0.05) is 0 Å². The van der Waals surface area contributed by atoms with E-state index in [0.717, 1.165) is 0 Å². The average Bonchev–Trinajstić information content (AvgIpc) is 2.58. The first-order valence-electron chi connectivity index (χ1n) is 5.15. The van der Waals surface area contributed by atoms with Crippen molar-refractivity contribution in [1.82, 2.24) is 9.80 Å². The first-order valence-corrected chi connectivity index (χ1v) is 5.15. The number of hydrogen-bond acceptors (Lipinski definition) is 5. The molecule has 0 aromatic carbocycles. The molecule has 0 spiro atoms. The van der Waals surface area contributed by atoms with Gasteiger partial charge in [-0.2, -0.15) is 0 Å². The molecule has 1 heterocycles. The number of hydrogen-bond donors (Lipinski definition) is 1. The van der Waals surface area contributed by atoms with Crippen LogP contribution in [0.4, 0.5) is 0 Å². The fourth-order valence-electron chi connectivity index (χ4n) is 1.81. The quantitative estimate of drug-likeness (QED) is 0.609. The number of amides is 1. The second kappa shape index (κ2) is 5.27. The Hall–Kier alpha value is -1.14. The van der Waals surface area contributed by atoms with Crippen molar-refractivity contribution in [2.24, 2.45) is 0 Å². The molecular formula is C10H18N2O4. The van der Waals surface area contributed by atoms with Crippen LogP contribution in [0.3, 0.4) is 0 Å². The molecule has 0 aliphatic carbocycles. The van der Waals surface area contributed by atoms with Gasteiger partial charge in [-0.15, -0.1) is 0 Å². The van der Waals surface area contributed by atoms with Crippen molar-refractivity contribution in [1.29, 1.82) is 0 Å². The molecule has 0 unspecified atom stereocenters. The van der Waals surface area contributed by atoms with Gasteiger partial charge in [0.15, 0.2) is 0 Å². The molecule has 0 saturated carbocycles. The van der Waals surface area contributed by atoms with E-state index in [1.54, 1.807) is 19.0 Å². The normalized spacial score (nSPS) is 24.9. The SMILES string of the molecule is COC(=O)[C@@H]1C[C@H](O)CN1C(=O)CN(C)C. The second-order valence-electron chi connectivity index (χ2n) is 4.21. The summed E-state index contributed by atoms with van der Waals surface area (Å²) in [5.74, 6) is -0.638. The summed E-state index contributed by atoms with van der Waals surface area (Å²) < 4.78 is 4.61. The number of methoxy groups -OCH3 is 1. The fourth-order valence-corrected chi connectivity index (χ4v) is 1.81. The molecule has 1 saturated heterocycles. The third kappa shape index (κ3) is 2.93. The number of esters is 1. The molecule has 16 heavy (non-hydrogen) atoms. The minimum atomic E-state index is -0.646. The highest BCUT2D eigenvalue weighted by molar-refractivity contribution is 5.86. The molecule has 1 amide bonds. The van der Waals surface area contributed by atoms with Crippen LogP contribution in [0, 0.1) is 0 Å². The van der Waals surface area contributed by atoms with Gasteiger partial charge in [0.1, 0.15) is 6.04 Å². The van der Waals surface area contributed by atoms with Crippen molar-refractivity contribution < 1.29 is 19.4 Å². The van der Waals surface area contributed by atoms with Crippen LogP contribution < -0.4 is 0 Å². The zero-order valence-electron chi connectivity index (χ0n) is 9.84. The molecule has 1 aliphatic heterocycles. The lowest BCUT2D eigenvalue weighted by Crippen LogP contribution is -2.44. The average molecular weight is 230 g/mol. The second-order valence-corrected chi connectivity index (χ2v) is 4.21. The monoisotopic (exact) mass is 230 g/mol. The van der Waals surface area contributed by atoms with Gasteiger partial charge in [0.25, 0.3) is 0 Å². The Labute approximate surface area is 94.8 Å². The smallest absolute Gasteiger partial charge is 0.328 e. The zero-order chi connectivity index (χ0) is 12.3. The van der Waals surface area contributed by atoms with E-state index >= 15 is 0 Å². The number of ether oxygens (including phenoxy) is 1. The zero-order valence-corrected chi connectivity index (χ0v) is 9.84. The van der Waals surface area contributed by atoms with Gasteiger partial charge in [-0.05, 0) is 14.1 Å². The third-order valence-corrected chi connectivity index (χ3v) is 2.52. The van der Waals surface area contributed by atoms with Gasteiger partial charge in [0.05, 0.1) is 19.8 Å². The number of likely N-dealkylation sites (tertiary alicyclic amines) is 1. The lowest BCUT2D eigenvalue weighted by atomic mass is 10.2. The summed E-state index contributed by atoms with van der Waals surface area (Å²) in [4.78, 5) is 26.3. The van der Waals surface area contributed by atoms with Gasteiger partial charge >= 0.3 is 5.97 Å². The van der Waals surface area contributed by atoms with Crippen molar-refractivity contribution in [2.45, 2.75) is 18.6 Å². The van der Waals surface area contributed by atoms with E-state index < -0.39 is 18.1 Å². The minimum absolute atomic E-state index is 0.169. The van der Waals surface area contributed by atoms with Crippen LogP contribution in [-0.2, 0) is 14.3 Å². The highest BCUT2D eigenvalue weighted by Gasteiger charge is 2.39. The number of β-amino-alcohol motifs (C(OH)–C–C–N with tert-alkyl or cyclic N) is 1. The molecule has 1 aliphatic rings. The fraction of sp³-hybridized carbons (Fsp3) is 0.800. The topological polar surface area (TPSA) is 70.1 Å². The molecular weight excluding hydrogens is 212 g/mol. The molecule has 0 radical (unpaired) electrons. The number of rotatable bonds is 3. The molecule has 0 bridgehead atoms. The van der Waals surface area contributed by atoms with E-state index in [2.05, 4.69) is 4.74 Å². The van der Waals surface area contributed by atoms with Crippen molar-refractivity contribution in [3.63, 3.8) is 0 Å². The Morgan fingerprint density at radius 1 is 1.50 bits per heavy atom. The van der Waals surface area contributed by atoms with Crippen LogP contribution in [0.15, 0.2) is 0 Å². The van der Waals surface area contributed by atoms with Crippen LogP contribution in [0.1, 0.15) is 6.42 Å². The predicted octanol–water partition coefficient (Wildman–Crippen LogP) is -1.32. The Bertz CT molecular complexity index is 280. The summed E-state index contributed by atoms with van der Waals surface area (Å²) in [5.41, 5.74) is 0. The summed E-state index contributed by atoms with van der Waals surface area (Å²) in [5, 5.41) is 9.48. The molecule has 1 rings (SSSR count). The Morgan fingerprint density at radius 3 is 2.62 bits per heavy atom. The Kier molecular flexibility index (Phi) is 4.26. The van der Waals surface area contributed by atoms with Gasteiger partial charge in [-0.25, -0.2) is 4.79 Å². The number of aliphatic hydroxyl groups excluding tert-OH is 1. The van der Waals surface area contributed by atoms with E-state index in [-0.39, 0.29) is 25.4 Å². The Balaban J connectivity index is 2.69. The van der Waals surface area contributed by atoms with Crippen LogP contribution >= 0.6 is 0 Å². The molecule has 1 N–H and O–H groups in total. The number of carbonyl (C=O) groups excluding carboxylic acids is 2. The maximum Gasteiger partial charge on any atom is 0.328 e. The first kappa shape index (κ1) is 12.9. The molecule has 92 valence electrons. The highest BCUT2D eigenvalue weighted by atomic mass is 16.5. The number of likely N-dealkylation sites (N-methyl/N-ethyl adjacent to an activating group) is 1. The van der Waals surface area contributed by atoms with Crippen LogP contribution in [0.5, 0.6) is 0 Å². The summed E-state index contributed by atoms with van der Waals surface area (Å²) in [6, 6.07) is -0.646. The highest BCUT2D eigenvalue weighted by Crippen LogP contribution is 2.19. The first-order chi connectivity index (χ1) is 7.45.